The summed E-state index contributed by atoms with van der Waals surface area (Å²) in [5.41, 5.74) is 5.58. The summed E-state index contributed by atoms with van der Waals surface area (Å²) in [6.45, 7) is 4.28. The first-order chi connectivity index (χ1) is 6.15. The average Bonchev–Trinajstić information content (AvgIpc) is 2.16. The normalized spacial score (nSPS) is 27.1. The second-order valence-electron chi connectivity index (χ2n) is 3.76. The van der Waals surface area contributed by atoms with Crippen LogP contribution in [0.2, 0.25) is 0 Å². The van der Waals surface area contributed by atoms with Gasteiger partial charge in [-0.1, -0.05) is 12.2 Å². The van der Waals surface area contributed by atoms with E-state index in [1.54, 1.807) is 0 Å². The fourth-order valence-electron chi connectivity index (χ4n) is 1.78. The second kappa shape index (κ2) is 4.88. The van der Waals surface area contributed by atoms with E-state index in [9.17, 15) is 0 Å². The zero-order valence-corrected chi connectivity index (χ0v) is 8.89. The molecule has 76 valence electrons. The van der Waals surface area contributed by atoms with Crippen molar-refractivity contribution >= 4 is 17.2 Å². The lowest BCUT2D eigenvalue weighted by Crippen LogP contribution is -2.47. The molecule has 2 atom stereocenters. The summed E-state index contributed by atoms with van der Waals surface area (Å²) in [6, 6.07) is 0.171. The van der Waals surface area contributed by atoms with Gasteiger partial charge in [0.1, 0.15) is 0 Å². The zero-order valence-electron chi connectivity index (χ0n) is 8.07. The molecule has 0 aromatic carbocycles. The lowest BCUT2D eigenvalue weighted by Gasteiger charge is -2.35. The molecular formula is C9H18N2OS. The zero-order chi connectivity index (χ0) is 9.84. The molecule has 1 rings (SSSR count). The second-order valence-corrected chi connectivity index (χ2v) is 4.24. The van der Waals surface area contributed by atoms with Crippen LogP contribution >= 0.6 is 12.2 Å². The number of likely N-dealkylation sites (tertiary alicyclic amines) is 1. The molecule has 0 bridgehead atoms. The number of hydrogen-bond acceptors (Lipinski definition) is 3. The summed E-state index contributed by atoms with van der Waals surface area (Å²) >= 11 is 4.95. The van der Waals surface area contributed by atoms with Crippen molar-refractivity contribution in [2.75, 3.05) is 19.7 Å². The van der Waals surface area contributed by atoms with E-state index in [4.69, 9.17) is 23.1 Å². The van der Waals surface area contributed by atoms with Crippen LogP contribution in [-0.2, 0) is 0 Å². The largest absolute Gasteiger partial charge is 0.396 e. The SMILES string of the molecule is CC(C(N)=S)N1CCCC(CO)C1. The van der Waals surface area contributed by atoms with Crippen molar-refractivity contribution in [3.05, 3.63) is 0 Å². The lowest BCUT2D eigenvalue weighted by atomic mass is 9.98. The summed E-state index contributed by atoms with van der Waals surface area (Å²) in [4.78, 5) is 2.81. The molecule has 4 heteroatoms. The number of nitrogens with zero attached hydrogens (tertiary/aromatic N) is 1. The summed E-state index contributed by atoms with van der Waals surface area (Å²) < 4.78 is 0. The summed E-state index contributed by atoms with van der Waals surface area (Å²) in [5.74, 6) is 0.408. The van der Waals surface area contributed by atoms with Crippen molar-refractivity contribution in [3.8, 4) is 0 Å². The molecule has 0 radical (unpaired) electrons. The molecule has 0 aliphatic carbocycles. The number of thiocarbonyl (C=S) groups is 1. The van der Waals surface area contributed by atoms with Crippen molar-refractivity contribution in [2.45, 2.75) is 25.8 Å². The van der Waals surface area contributed by atoms with Crippen molar-refractivity contribution in [1.29, 1.82) is 0 Å². The first-order valence-corrected chi connectivity index (χ1v) is 5.20. The van der Waals surface area contributed by atoms with Crippen LogP contribution in [0.3, 0.4) is 0 Å². The Bertz CT molecular complexity index is 186. The van der Waals surface area contributed by atoms with Gasteiger partial charge in [0, 0.05) is 13.2 Å². The van der Waals surface area contributed by atoms with Crippen LogP contribution in [-0.4, -0.2) is 40.7 Å². The number of nitrogens with two attached hydrogens (primary N) is 1. The fraction of sp³-hybridized carbons (Fsp3) is 0.889. The Morgan fingerprint density at radius 1 is 1.77 bits per heavy atom. The third-order valence-corrected chi connectivity index (χ3v) is 3.11. The number of rotatable bonds is 3. The van der Waals surface area contributed by atoms with E-state index >= 15 is 0 Å². The van der Waals surface area contributed by atoms with Crippen LogP contribution in [0.1, 0.15) is 19.8 Å². The molecule has 1 aliphatic rings. The number of hydrogen-bond donors (Lipinski definition) is 2. The molecule has 0 amide bonds. The van der Waals surface area contributed by atoms with Gasteiger partial charge in [0.2, 0.25) is 0 Å². The van der Waals surface area contributed by atoms with Gasteiger partial charge in [-0.3, -0.25) is 4.90 Å². The smallest absolute Gasteiger partial charge is 0.0899 e. The lowest BCUT2D eigenvalue weighted by molar-refractivity contribution is 0.112. The van der Waals surface area contributed by atoms with E-state index in [0.717, 1.165) is 25.9 Å². The Balaban J connectivity index is 2.46. The standard InChI is InChI=1S/C9H18N2OS/c1-7(9(10)13)11-4-2-3-8(5-11)6-12/h7-8,12H,2-6H2,1H3,(H2,10,13). The van der Waals surface area contributed by atoms with Crippen LogP contribution in [0.25, 0.3) is 0 Å². The maximum atomic E-state index is 9.04. The predicted molar refractivity (Wildman–Crippen MR) is 57.6 cm³/mol. The van der Waals surface area contributed by atoms with Gasteiger partial charge < -0.3 is 10.8 Å². The number of aliphatic hydroxyl groups is 1. The highest BCUT2D eigenvalue weighted by Gasteiger charge is 2.23. The molecule has 3 nitrogen and oxygen atoms in total. The highest BCUT2D eigenvalue weighted by Crippen LogP contribution is 2.17. The maximum Gasteiger partial charge on any atom is 0.0899 e. The van der Waals surface area contributed by atoms with Gasteiger partial charge >= 0.3 is 0 Å². The van der Waals surface area contributed by atoms with Crippen molar-refractivity contribution in [3.63, 3.8) is 0 Å². The first kappa shape index (κ1) is 10.9. The van der Waals surface area contributed by atoms with E-state index in [0.29, 0.717) is 10.9 Å². The third-order valence-electron chi connectivity index (χ3n) is 2.77. The van der Waals surface area contributed by atoms with Crippen LogP contribution < -0.4 is 5.73 Å². The molecule has 1 fully saturated rings. The van der Waals surface area contributed by atoms with Gasteiger partial charge in [0.05, 0.1) is 11.0 Å². The molecule has 0 spiro atoms. The Morgan fingerprint density at radius 2 is 2.46 bits per heavy atom. The quantitative estimate of drug-likeness (QED) is 0.649. The minimum absolute atomic E-state index is 0.171. The van der Waals surface area contributed by atoms with Crippen molar-refractivity contribution < 1.29 is 5.11 Å². The van der Waals surface area contributed by atoms with Crippen molar-refractivity contribution in [1.82, 2.24) is 4.90 Å². The molecular weight excluding hydrogens is 184 g/mol. The van der Waals surface area contributed by atoms with Crippen LogP contribution in [0.5, 0.6) is 0 Å². The highest BCUT2D eigenvalue weighted by atomic mass is 32.1. The Morgan fingerprint density at radius 3 is 3.00 bits per heavy atom. The molecule has 0 aromatic rings. The van der Waals surface area contributed by atoms with E-state index in [2.05, 4.69) is 4.90 Å². The molecule has 0 aromatic heterocycles. The predicted octanol–water partition coefficient (Wildman–Crippen LogP) is 0.365. The summed E-state index contributed by atoms with van der Waals surface area (Å²) in [7, 11) is 0. The van der Waals surface area contributed by atoms with E-state index in [-0.39, 0.29) is 12.6 Å². The van der Waals surface area contributed by atoms with E-state index in [1.165, 1.54) is 0 Å². The molecule has 13 heavy (non-hydrogen) atoms. The monoisotopic (exact) mass is 202 g/mol. The number of aliphatic hydroxyl groups excluding tert-OH is 1. The Hall–Kier alpha value is -0.190. The van der Waals surface area contributed by atoms with Gasteiger partial charge in [-0.2, -0.15) is 0 Å². The minimum Gasteiger partial charge on any atom is -0.396 e. The van der Waals surface area contributed by atoms with E-state index in [1.807, 2.05) is 6.92 Å². The topological polar surface area (TPSA) is 49.5 Å². The first-order valence-electron chi connectivity index (χ1n) is 4.79. The van der Waals surface area contributed by atoms with Crippen LogP contribution in [0.15, 0.2) is 0 Å². The van der Waals surface area contributed by atoms with Crippen LogP contribution in [0.4, 0.5) is 0 Å². The summed E-state index contributed by atoms with van der Waals surface area (Å²) in [5, 5.41) is 9.04. The number of piperidine rings is 1. The molecule has 1 saturated heterocycles. The van der Waals surface area contributed by atoms with E-state index < -0.39 is 0 Å². The van der Waals surface area contributed by atoms with Gasteiger partial charge in [-0.05, 0) is 32.2 Å². The average molecular weight is 202 g/mol. The van der Waals surface area contributed by atoms with Gasteiger partial charge in [-0.15, -0.1) is 0 Å². The Labute approximate surface area is 84.9 Å². The fourth-order valence-corrected chi connectivity index (χ4v) is 1.93. The van der Waals surface area contributed by atoms with Gasteiger partial charge in [0.25, 0.3) is 0 Å². The molecule has 3 N–H and O–H groups in total. The van der Waals surface area contributed by atoms with Gasteiger partial charge in [0.15, 0.2) is 0 Å². The minimum atomic E-state index is 0.171. The molecule has 1 heterocycles. The molecule has 2 unspecified atom stereocenters. The maximum absolute atomic E-state index is 9.04. The highest BCUT2D eigenvalue weighted by molar-refractivity contribution is 7.80. The van der Waals surface area contributed by atoms with Gasteiger partial charge in [-0.25, -0.2) is 0 Å². The van der Waals surface area contributed by atoms with Crippen LogP contribution in [0, 0.1) is 5.92 Å². The Kier molecular flexibility index (Phi) is 4.09. The summed E-state index contributed by atoms with van der Waals surface area (Å²) in [6.07, 6.45) is 2.26. The molecule has 1 aliphatic heterocycles. The molecule has 0 saturated carbocycles. The third kappa shape index (κ3) is 2.90. The van der Waals surface area contributed by atoms with Crippen molar-refractivity contribution in [2.24, 2.45) is 11.7 Å².